The van der Waals surface area contributed by atoms with Crippen molar-refractivity contribution in [2.24, 2.45) is 5.10 Å². The number of benzene rings is 2. The van der Waals surface area contributed by atoms with Crippen molar-refractivity contribution in [2.75, 3.05) is 5.32 Å². The predicted octanol–water partition coefficient (Wildman–Crippen LogP) is 1.94. The normalized spacial score (nSPS) is 10.4. The lowest BCUT2D eigenvalue weighted by Gasteiger charge is -2.05. The molecule has 0 spiro atoms. The van der Waals surface area contributed by atoms with Crippen LogP contribution in [0, 0.1) is 0 Å². The standard InChI is InChI=1S/C16H12BrN3O5/c17-11-4-5-13(21)10(6-11)8-18-20-15(23)14(22)19-12-3-1-2-9(7-12)16(24)25/h1-8,21H,(H,19,22)(H,20,23)(H,24,25). The molecule has 8 nitrogen and oxygen atoms in total. The summed E-state index contributed by atoms with van der Waals surface area (Å²) in [7, 11) is 0. The number of aromatic carboxylic acids is 1. The molecule has 2 amide bonds. The fourth-order valence-electron chi connectivity index (χ4n) is 1.76. The van der Waals surface area contributed by atoms with Crippen LogP contribution in [-0.2, 0) is 9.59 Å². The third-order valence-electron chi connectivity index (χ3n) is 2.93. The highest BCUT2D eigenvalue weighted by molar-refractivity contribution is 9.10. The highest BCUT2D eigenvalue weighted by atomic mass is 79.9. The molecule has 0 aliphatic rings. The third kappa shape index (κ3) is 5.15. The van der Waals surface area contributed by atoms with Crippen molar-refractivity contribution in [1.29, 1.82) is 0 Å². The van der Waals surface area contributed by atoms with Crippen LogP contribution >= 0.6 is 15.9 Å². The lowest BCUT2D eigenvalue weighted by molar-refractivity contribution is -0.136. The molecule has 25 heavy (non-hydrogen) atoms. The van der Waals surface area contributed by atoms with Gasteiger partial charge in [0.1, 0.15) is 5.75 Å². The molecule has 0 aromatic heterocycles. The van der Waals surface area contributed by atoms with Crippen LogP contribution < -0.4 is 10.7 Å². The summed E-state index contributed by atoms with van der Waals surface area (Å²) in [6.07, 6.45) is 1.18. The molecule has 4 N–H and O–H groups in total. The fraction of sp³-hybridized carbons (Fsp3) is 0. The van der Waals surface area contributed by atoms with Crippen LogP contribution in [-0.4, -0.2) is 34.2 Å². The van der Waals surface area contributed by atoms with Gasteiger partial charge in [-0.1, -0.05) is 22.0 Å². The second kappa shape index (κ2) is 8.06. The number of rotatable bonds is 4. The molecule has 0 atom stereocenters. The lowest BCUT2D eigenvalue weighted by Crippen LogP contribution is -2.32. The van der Waals surface area contributed by atoms with Gasteiger partial charge in [0, 0.05) is 15.7 Å². The SMILES string of the molecule is O=C(NN=Cc1cc(Br)ccc1O)C(=O)Nc1cccc(C(=O)O)c1. The highest BCUT2D eigenvalue weighted by Gasteiger charge is 2.14. The number of carbonyl (C=O) groups is 3. The Morgan fingerprint density at radius 1 is 1.08 bits per heavy atom. The molecular formula is C16H12BrN3O5. The molecule has 2 aromatic carbocycles. The monoisotopic (exact) mass is 405 g/mol. The van der Waals surface area contributed by atoms with Crippen LogP contribution in [0.3, 0.4) is 0 Å². The van der Waals surface area contributed by atoms with Crippen LogP contribution in [0.5, 0.6) is 5.75 Å². The molecule has 0 fully saturated rings. The zero-order valence-corrected chi connectivity index (χ0v) is 14.1. The summed E-state index contributed by atoms with van der Waals surface area (Å²) in [5, 5.41) is 24.4. The van der Waals surface area contributed by atoms with Crippen molar-refractivity contribution < 1.29 is 24.6 Å². The average molecular weight is 406 g/mol. The minimum Gasteiger partial charge on any atom is -0.507 e. The number of hydrazone groups is 1. The smallest absolute Gasteiger partial charge is 0.335 e. The highest BCUT2D eigenvalue weighted by Crippen LogP contribution is 2.19. The van der Waals surface area contributed by atoms with E-state index in [1.807, 2.05) is 5.43 Å². The topological polar surface area (TPSA) is 128 Å². The van der Waals surface area contributed by atoms with E-state index in [2.05, 4.69) is 26.3 Å². The van der Waals surface area contributed by atoms with Gasteiger partial charge in [-0.3, -0.25) is 9.59 Å². The Bertz CT molecular complexity index is 867. The fourth-order valence-corrected chi connectivity index (χ4v) is 2.14. The Balaban J connectivity index is 1.97. The molecule has 128 valence electrons. The maximum atomic E-state index is 11.8. The molecule has 2 aromatic rings. The summed E-state index contributed by atoms with van der Waals surface area (Å²) in [5.41, 5.74) is 2.48. The number of nitrogens with zero attached hydrogens (tertiary/aromatic N) is 1. The van der Waals surface area contributed by atoms with Crippen molar-refractivity contribution in [3.05, 3.63) is 58.1 Å². The van der Waals surface area contributed by atoms with E-state index < -0.39 is 17.8 Å². The summed E-state index contributed by atoms with van der Waals surface area (Å²) < 4.78 is 0.703. The maximum Gasteiger partial charge on any atom is 0.335 e. The second-order valence-electron chi connectivity index (χ2n) is 4.74. The molecule has 0 heterocycles. The Morgan fingerprint density at radius 2 is 1.84 bits per heavy atom. The molecule has 0 saturated heterocycles. The number of nitrogens with one attached hydrogen (secondary N) is 2. The zero-order chi connectivity index (χ0) is 18.4. The van der Waals surface area contributed by atoms with Crippen LogP contribution in [0.4, 0.5) is 5.69 Å². The van der Waals surface area contributed by atoms with Gasteiger partial charge in [-0.15, -0.1) is 0 Å². The zero-order valence-electron chi connectivity index (χ0n) is 12.6. The quantitative estimate of drug-likeness (QED) is 0.351. The number of anilines is 1. The van der Waals surface area contributed by atoms with Gasteiger partial charge in [0.2, 0.25) is 0 Å². The first-order valence-corrected chi connectivity index (χ1v) is 7.62. The van der Waals surface area contributed by atoms with Crippen LogP contribution in [0.1, 0.15) is 15.9 Å². The number of amides is 2. The lowest BCUT2D eigenvalue weighted by atomic mass is 10.2. The maximum absolute atomic E-state index is 11.8. The molecule has 0 radical (unpaired) electrons. The third-order valence-corrected chi connectivity index (χ3v) is 3.43. The summed E-state index contributed by atoms with van der Waals surface area (Å²) in [6.45, 7) is 0. The summed E-state index contributed by atoms with van der Waals surface area (Å²) in [5.74, 6) is -3.26. The summed E-state index contributed by atoms with van der Waals surface area (Å²) in [6, 6.07) is 10.1. The van der Waals surface area contributed by atoms with E-state index >= 15 is 0 Å². The molecule has 0 aliphatic carbocycles. The second-order valence-corrected chi connectivity index (χ2v) is 5.66. The Kier molecular flexibility index (Phi) is 5.85. The van der Waals surface area contributed by atoms with Crippen molar-refractivity contribution in [1.82, 2.24) is 5.43 Å². The molecule has 0 unspecified atom stereocenters. The molecule has 2 rings (SSSR count). The predicted molar refractivity (Wildman–Crippen MR) is 93.6 cm³/mol. The summed E-state index contributed by atoms with van der Waals surface area (Å²) in [4.78, 5) is 34.3. The van der Waals surface area contributed by atoms with Gasteiger partial charge >= 0.3 is 17.8 Å². The summed E-state index contributed by atoms with van der Waals surface area (Å²) >= 11 is 3.23. The van der Waals surface area contributed by atoms with Gasteiger partial charge in [-0.2, -0.15) is 5.10 Å². The van der Waals surface area contributed by atoms with E-state index in [1.165, 1.54) is 36.5 Å². The molecule has 0 saturated carbocycles. The van der Waals surface area contributed by atoms with E-state index in [1.54, 1.807) is 12.1 Å². The Morgan fingerprint density at radius 3 is 2.56 bits per heavy atom. The van der Waals surface area contributed by atoms with Crippen molar-refractivity contribution in [2.45, 2.75) is 0 Å². The first-order chi connectivity index (χ1) is 11.9. The van der Waals surface area contributed by atoms with E-state index in [0.29, 0.717) is 10.0 Å². The number of hydrogen-bond donors (Lipinski definition) is 4. The number of phenols is 1. The minimum absolute atomic E-state index is 0.0265. The molecule has 0 aliphatic heterocycles. The van der Waals surface area contributed by atoms with Gasteiger partial charge in [-0.25, -0.2) is 10.2 Å². The number of carboxylic acids is 1. The van der Waals surface area contributed by atoms with Crippen molar-refractivity contribution >= 4 is 45.6 Å². The van der Waals surface area contributed by atoms with Crippen molar-refractivity contribution in [3.63, 3.8) is 0 Å². The molecular weight excluding hydrogens is 394 g/mol. The van der Waals surface area contributed by atoms with Crippen LogP contribution in [0.2, 0.25) is 0 Å². The van der Waals surface area contributed by atoms with Crippen LogP contribution in [0.25, 0.3) is 0 Å². The van der Waals surface area contributed by atoms with Gasteiger partial charge < -0.3 is 15.5 Å². The van der Waals surface area contributed by atoms with E-state index in [-0.39, 0.29) is 17.0 Å². The number of aromatic hydroxyl groups is 1. The Labute approximate surface area is 150 Å². The average Bonchev–Trinajstić information content (AvgIpc) is 2.58. The van der Waals surface area contributed by atoms with E-state index in [0.717, 1.165) is 0 Å². The van der Waals surface area contributed by atoms with Crippen molar-refractivity contribution in [3.8, 4) is 5.75 Å². The number of hydrogen-bond acceptors (Lipinski definition) is 5. The number of halogens is 1. The van der Waals surface area contributed by atoms with E-state index in [9.17, 15) is 19.5 Å². The largest absolute Gasteiger partial charge is 0.507 e. The number of carbonyl (C=O) groups excluding carboxylic acids is 2. The number of carboxylic acid groups (broad SMARTS) is 1. The Hall–Kier alpha value is -3.20. The van der Waals surface area contributed by atoms with Gasteiger partial charge in [-0.05, 0) is 36.4 Å². The first kappa shape index (κ1) is 18.1. The number of phenolic OH excluding ortho intramolecular Hbond substituents is 1. The van der Waals surface area contributed by atoms with Gasteiger partial charge in [0.15, 0.2) is 0 Å². The first-order valence-electron chi connectivity index (χ1n) is 6.83. The molecule has 9 heteroatoms. The minimum atomic E-state index is -1.15. The molecule has 0 bridgehead atoms. The van der Waals surface area contributed by atoms with Gasteiger partial charge in [0.05, 0.1) is 11.8 Å². The van der Waals surface area contributed by atoms with E-state index in [4.69, 9.17) is 5.11 Å². The van der Waals surface area contributed by atoms with Gasteiger partial charge in [0.25, 0.3) is 0 Å². The van der Waals surface area contributed by atoms with Crippen LogP contribution in [0.15, 0.2) is 52.0 Å².